The first-order valence-corrected chi connectivity index (χ1v) is 9.72. The van der Waals surface area contributed by atoms with Crippen LogP contribution in [0.1, 0.15) is 16.0 Å². The second-order valence-electron chi connectivity index (χ2n) is 4.59. The molecule has 0 aliphatic carbocycles. The average molecular weight is 407 g/mol. The zero-order valence-corrected chi connectivity index (χ0v) is 15.5. The molecule has 0 bridgehead atoms. The number of carbonyl (C=O) groups excluding carboxylic acids is 1. The Labute approximate surface area is 152 Å². The molecule has 1 aromatic carbocycles. The lowest BCUT2D eigenvalue weighted by Gasteiger charge is -2.04. The predicted octanol–water partition coefficient (Wildman–Crippen LogP) is 4.45. The smallest absolute Gasteiger partial charge is 0.244 e. The standard InChI is InChI=1S/C17H15BrN2OS2/c18-16-7-5-15(23-16)6-8-17(21)20-9-10-22-12-14-4-2-1-3-13(14)11-19/h1-8H,9-10,12H2,(H,20,21)/b8-6+. The van der Waals surface area contributed by atoms with E-state index in [1.807, 2.05) is 36.4 Å². The van der Waals surface area contributed by atoms with Crippen LogP contribution < -0.4 is 5.32 Å². The number of halogens is 1. The third-order valence-corrected chi connectivity index (χ3v) is 5.53. The number of nitriles is 1. The minimum atomic E-state index is -0.0902. The van der Waals surface area contributed by atoms with E-state index in [9.17, 15) is 4.79 Å². The van der Waals surface area contributed by atoms with Gasteiger partial charge < -0.3 is 5.32 Å². The van der Waals surface area contributed by atoms with Gasteiger partial charge in [0.15, 0.2) is 0 Å². The van der Waals surface area contributed by atoms with Crippen LogP contribution in [0.25, 0.3) is 6.08 Å². The van der Waals surface area contributed by atoms with Gasteiger partial charge in [-0.05, 0) is 45.8 Å². The van der Waals surface area contributed by atoms with Crippen LogP contribution >= 0.6 is 39.0 Å². The van der Waals surface area contributed by atoms with Gasteiger partial charge in [0.2, 0.25) is 5.91 Å². The molecule has 118 valence electrons. The van der Waals surface area contributed by atoms with Gasteiger partial charge in [-0.1, -0.05) is 18.2 Å². The van der Waals surface area contributed by atoms with Gasteiger partial charge >= 0.3 is 0 Å². The number of hydrogen-bond acceptors (Lipinski definition) is 4. The first kappa shape index (κ1) is 17.8. The van der Waals surface area contributed by atoms with Crippen molar-refractivity contribution in [1.29, 1.82) is 5.26 Å². The van der Waals surface area contributed by atoms with Crippen molar-refractivity contribution >= 4 is 51.0 Å². The molecule has 23 heavy (non-hydrogen) atoms. The van der Waals surface area contributed by atoms with E-state index in [0.29, 0.717) is 12.1 Å². The molecular formula is C17H15BrN2OS2. The molecule has 0 aliphatic rings. The fraction of sp³-hybridized carbons (Fsp3) is 0.176. The molecule has 0 fully saturated rings. The highest BCUT2D eigenvalue weighted by Crippen LogP contribution is 2.22. The highest BCUT2D eigenvalue weighted by atomic mass is 79.9. The van der Waals surface area contributed by atoms with E-state index in [1.165, 1.54) is 0 Å². The minimum Gasteiger partial charge on any atom is -0.352 e. The normalized spacial score (nSPS) is 10.6. The molecule has 3 nitrogen and oxygen atoms in total. The zero-order chi connectivity index (χ0) is 16.5. The summed E-state index contributed by atoms with van der Waals surface area (Å²) < 4.78 is 1.05. The van der Waals surface area contributed by atoms with Crippen molar-refractivity contribution in [3.63, 3.8) is 0 Å². The summed E-state index contributed by atoms with van der Waals surface area (Å²) in [6, 6.07) is 13.7. The van der Waals surface area contributed by atoms with Crippen molar-refractivity contribution in [3.8, 4) is 6.07 Å². The predicted molar refractivity (Wildman–Crippen MR) is 101 cm³/mol. The third-order valence-electron chi connectivity index (χ3n) is 2.93. The summed E-state index contributed by atoms with van der Waals surface area (Å²) in [5.41, 5.74) is 1.75. The molecule has 0 radical (unpaired) electrons. The quantitative estimate of drug-likeness (QED) is 0.545. The van der Waals surface area contributed by atoms with Gasteiger partial charge in [-0.2, -0.15) is 17.0 Å². The zero-order valence-electron chi connectivity index (χ0n) is 12.3. The molecule has 0 spiro atoms. The number of benzene rings is 1. The first-order valence-electron chi connectivity index (χ1n) is 6.96. The van der Waals surface area contributed by atoms with Crippen LogP contribution in [-0.2, 0) is 10.5 Å². The van der Waals surface area contributed by atoms with Crippen molar-refractivity contribution in [2.45, 2.75) is 5.75 Å². The largest absolute Gasteiger partial charge is 0.352 e. The van der Waals surface area contributed by atoms with Crippen LogP contribution in [0.2, 0.25) is 0 Å². The Kier molecular flexibility index (Phi) is 7.40. The summed E-state index contributed by atoms with van der Waals surface area (Å²) >= 11 is 6.67. The lowest BCUT2D eigenvalue weighted by atomic mass is 10.1. The number of nitrogens with zero attached hydrogens (tertiary/aromatic N) is 1. The number of amides is 1. The monoisotopic (exact) mass is 406 g/mol. The van der Waals surface area contributed by atoms with Gasteiger partial charge in [-0.3, -0.25) is 4.79 Å². The fourth-order valence-corrected chi connectivity index (χ4v) is 4.01. The Morgan fingerprint density at radius 2 is 2.17 bits per heavy atom. The van der Waals surface area contributed by atoms with E-state index in [0.717, 1.165) is 25.7 Å². The third kappa shape index (κ3) is 6.22. The Hall–Kier alpha value is -1.55. The first-order chi connectivity index (χ1) is 11.2. The van der Waals surface area contributed by atoms with Gasteiger partial charge in [0, 0.05) is 29.0 Å². The summed E-state index contributed by atoms with van der Waals surface area (Å²) in [5.74, 6) is 1.50. The van der Waals surface area contributed by atoms with Crippen LogP contribution in [0.15, 0.2) is 46.3 Å². The molecular weight excluding hydrogens is 392 g/mol. The number of thiophene rings is 1. The van der Waals surface area contributed by atoms with Crippen LogP contribution in [-0.4, -0.2) is 18.2 Å². The summed E-state index contributed by atoms with van der Waals surface area (Å²) in [6.45, 7) is 0.608. The van der Waals surface area contributed by atoms with Gasteiger partial charge in [-0.25, -0.2) is 0 Å². The van der Waals surface area contributed by atoms with Gasteiger partial charge in [-0.15, -0.1) is 11.3 Å². The topological polar surface area (TPSA) is 52.9 Å². The van der Waals surface area contributed by atoms with Crippen molar-refractivity contribution in [3.05, 3.63) is 62.3 Å². The van der Waals surface area contributed by atoms with E-state index in [-0.39, 0.29) is 5.91 Å². The van der Waals surface area contributed by atoms with E-state index in [1.54, 1.807) is 35.3 Å². The lowest BCUT2D eigenvalue weighted by Crippen LogP contribution is -2.23. The molecule has 2 rings (SSSR count). The van der Waals surface area contributed by atoms with Crippen LogP contribution in [0.4, 0.5) is 0 Å². The Morgan fingerprint density at radius 3 is 2.91 bits per heavy atom. The minimum absolute atomic E-state index is 0.0902. The highest BCUT2D eigenvalue weighted by Gasteiger charge is 2.01. The number of rotatable bonds is 7. The van der Waals surface area contributed by atoms with Crippen molar-refractivity contribution in [2.75, 3.05) is 12.3 Å². The van der Waals surface area contributed by atoms with E-state index >= 15 is 0 Å². The maximum atomic E-state index is 11.7. The van der Waals surface area contributed by atoms with E-state index in [4.69, 9.17) is 5.26 Å². The lowest BCUT2D eigenvalue weighted by molar-refractivity contribution is -0.116. The number of carbonyl (C=O) groups is 1. The average Bonchev–Trinajstić information content (AvgIpc) is 2.98. The Morgan fingerprint density at radius 1 is 1.35 bits per heavy atom. The number of thioether (sulfide) groups is 1. The molecule has 2 aromatic rings. The highest BCUT2D eigenvalue weighted by molar-refractivity contribution is 9.11. The van der Waals surface area contributed by atoms with E-state index < -0.39 is 0 Å². The summed E-state index contributed by atoms with van der Waals surface area (Å²) in [7, 11) is 0. The Bertz CT molecular complexity index is 734. The molecule has 1 amide bonds. The Balaban J connectivity index is 1.66. The summed E-state index contributed by atoms with van der Waals surface area (Å²) in [4.78, 5) is 12.7. The molecule has 0 unspecified atom stereocenters. The second-order valence-corrected chi connectivity index (χ2v) is 8.19. The molecule has 6 heteroatoms. The van der Waals surface area contributed by atoms with Crippen LogP contribution in [0.3, 0.4) is 0 Å². The van der Waals surface area contributed by atoms with E-state index in [2.05, 4.69) is 27.3 Å². The second kappa shape index (κ2) is 9.56. The summed E-state index contributed by atoms with van der Waals surface area (Å²) in [6.07, 6.45) is 3.36. The molecule has 0 saturated heterocycles. The van der Waals surface area contributed by atoms with Gasteiger partial charge in [0.05, 0.1) is 15.4 Å². The van der Waals surface area contributed by atoms with Gasteiger partial charge in [0.25, 0.3) is 0 Å². The maximum absolute atomic E-state index is 11.7. The molecule has 0 saturated carbocycles. The van der Waals surface area contributed by atoms with Gasteiger partial charge in [0.1, 0.15) is 0 Å². The fourth-order valence-electron chi connectivity index (χ4n) is 1.82. The molecule has 0 atom stereocenters. The SMILES string of the molecule is N#Cc1ccccc1CSCCNC(=O)/C=C/c1ccc(Br)s1. The van der Waals surface area contributed by atoms with Crippen molar-refractivity contribution < 1.29 is 4.79 Å². The molecule has 1 heterocycles. The van der Waals surface area contributed by atoms with Crippen molar-refractivity contribution in [1.82, 2.24) is 5.32 Å². The molecule has 0 aliphatic heterocycles. The number of nitrogens with one attached hydrogen (secondary N) is 1. The summed E-state index contributed by atoms with van der Waals surface area (Å²) in [5, 5.41) is 11.9. The van der Waals surface area contributed by atoms with Crippen molar-refractivity contribution in [2.24, 2.45) is 0 Å². The van der Waals surface area contributed by atoms with Crippen LogP contribution in [0, 0.1) is 11.3 Å². The molecule has 1 aromatic heterocycles. The van der Waals surface area contributed by atoms with Crippen LogP contribution in [0.5, 0.6) is 0 Å². The molecule has 1 N–H and O–H groups in total. The maximum Gasteiger partial charge on any atom is 0.244 e. The number of hydrogen-bond donors (Lipinski definition) is 1.